The predicted molar refractivity (Wildman–Crippen MR) is 97.3 cm³/mol. The van der Waals surface area contributed by atoms with Crippen molar-refractivity contribution in [1.82, 2.24) is 0 Å². The molecule has 1 heterocycles. The van der Waals surface area contributed by atoms with Gasteiger partial charge in [-0.3, -0.25) is 0 Å². The van der Waals surface area contributed by atoms with Crippen LogP contribution in [0.25, 0.3) is 33.4 Å². The largest absolute Gasteiger partial charge is 0.482 e. The Morgan fingerprint density at radius 3 is 1.75 bits per heavy atom. The molecule has 0 aliphatic rings. The Bertz CT molecular complexity index is 902. The van der Waals surface area contributed by atoms with Crippen LogP contribution in [0, 0.1) is 0 Å². The molecule has 2 N–H and O–H groups in total. The second-order valence-electron chi connectivity index (χ2n) is 5.15. The van der Waals surface area contributed by atoms with E-state index >= 15 is 0 Å². The molecular formula is C20H16BO3. The van der Waals surface area contributed by atoms with Crippen molar-refractivity contribution >= 4 is 18.7 Å². The Morgan fingerprint density at radius 1 is 0.625 bits per heavy atom. The Labute approximate surface area is 141 Å². The first-order chi connectivity index (χ1) is 11.8. The highest BCUT2D eigenvalue weighted by atomic mass is 16.4. The molecule has 117 valence electrons. The number of benzene rings is 3. The first-order valence-electron chi connectivity index (χ1n) is 7.57. The standard InChI is InChI=1S/C20H14O.BH2O2/c1-3-9-15(10-4-1)19-17-13-7-8-14-18(17)21-20(19)16-11-5-2-6-12-16;2-1-3/h1-14H;2-3H. The van der Waals surface area contributed by atoms with Crippen molar-refractivity contribution < 1.29 is 14.5 Å². The van der Waals surface area contributed by atoms with E-state index in [9.17, 15) is 0 Å². The average molecular weight is 315 g/mol. The number of rotatable bonds is 2. The lowest BCUT2D eigenvalue weighted by Crippen LogP contribution is -1.80. The SMILES string of the molecule is O[B]O.c1ccc(-c2oc3ccccc3c2-c2ccccc2)cc1. The molecule has 0 amide bonds. The van der Waals surface area contributed by atoms with Gasteiger partial charge in [0.05, 0.1) is 0 Å². The molecular weight excluding hydrogens is 299 g/mol. The highest BCUT2D eigenvalue weighted by Gasteiger charge is 2.16. The average Bonchev–Trinajstić information content (AvgIpc) is 3.03. The molecule has 0 atom stereocenters. The number of para-hydroxylation sites is 1. The van der Waals surface area contributed by atoms with Crippen molar-refractivity contribution in [2.24, 2.45) is 0 Å². The second kappa shape index (κ2) is 7.64. The smallest absolute Gasteiger partial charge is 0.455 e. The molecule has 1 aromatic heterocycles. The van der Waals surface area contributed by atoms with Crippen molar-refractivity contribution in [1.29, 1.82) is 0 Å². The van der Waals surface area contributed by atoms with Gasteiger partial charge in [0.2, 0.25) is 0 Å². The molecule has 0 aliphatic carbocycles. The molecule has 0 spiro atoms. The van der Waals surface area contributed by atoms with Crippen LogP contribution in [-0.2, 0) is 0 Å². The summed E-state index contributed by atoms with van der Waals surface area (Å²) in [5.41, 5.74) is 4.38. The topological polar surface area (TPSA) is 53.6 Å². The van der Waals surface area contributed by atoms with Crippen LogP contribution < -0.4 is 0 Å². The van der Waals surface area contributed by atoms with Crippen LogP contribution in [0.5, 0.6) is 0 Å². The Balaban J connectivity index is 0.000000526. The van der Waals surface area contributed by atoms with Gasteiger partial charge in [0.15, 0.2) is 0 Å². The third-order valence-electron chi connectivity index (χ3n) is 3.69. The van der Waals surface area contributed by atoms with E-state index in [1.165, 1.54) is 5.56 Å². The first kappa shape index (κ1) is 16.1. The zero-order chi connectivity index (χ0) is 16.8. The lowest BCUT2D eigenvalue weighted by atomic mass is 9.99. The minimum atomic E-state index is 0. The molecule has 24 heavy (non-hydrogen) atoms. The molecule has 4 heteroatoms. The van der Waals surface area contributed by atoms with Gasteiger partial charge in [-0.2, -0.15) is 0 Å². The van der Waals surface area contributed by atoms with E-state index in [1.54, 1.807) is 0 Å². The summed E-state index contributed by atoms with van der Waals surface area (Å²) in [5.74, 6) is 0.933. The quantitative estimate of drug-likeness (QED) is 0.543. The van der Waals surface area contributed by atoms with Crippen LogP contribution in [0.2, 0.25) is 0 Å². The Kier molecular flexibility index (Phi) is 5.11. The van der Waals surface area contributed by atoms with E-state index < -0.39 is 0 Å². The molecule has 4 rings (SSSR count). The summed E-state index contributed by atoms with van der Waals surface area (Å²) >= 11 is 0. The van der Waals surface area contributed by atoms with Crippen LogP contribution in [0.15, 0.2) is 89.3 Å². The third kappa shape index (κ3) is 3.25. The van der Waals surface area contributed by atoms with Crippen LogP contribution >= 0.6 is 0 Å². The van der Waals surface area contributed by atoms with Crippen molar-refractivity contribution in [3.8, 4) is 22.5 Å². The van der Waals surface area contributed by atoms with Crippen LogP contribution in [0.3, 0.4) is 0 Å². The second-order valence-corrected chi connectivity index (χ2v) is 5.15. The maximum Gasteiger partial charge on any atom is 0.482 e. The molecule has 1 radical (unpaired) electrons. The van der Waals surface area contributed by atoms with Crippen LogP contribution in [0.1, 0.15) is 0 Å². The van der Waals surface area contributed by atoms with E-state index in [0.29, 0.717) is 0 Å². The van der Waals surface area contributed by atoms with Gasteiger partial charge in [0, 0.05) is 16.5 Å². The fourth-order valence-corrected chi connectivity index (χ4v) is 2.73. The summed E-state index contributed by atoms with van der Waals surface area (Å²) in [5, 5.41) is 15.2. The number of hydrogen-bond donors (Lipinski definition) is 2. The number of furan rings is 1. The minimum absolute atomic E-state index is 0. The van der Waals surface area contributed by atoms with E-state index in [4.69, 9.17) is 14.5 Å². The minimum Gasteiger partial charge on any atom is -0.455 e. The normalized spacial score (nSPS) is 10.1. The molecule has 0 fully saturated rings. The molecule has 0 bridgehead atoms. The van der Waals surface area contributed by atoms with Gasteiger partial charge in [0.25, 0.3) is 0 Å². The molecule has 0 unspecified atom stereocenters. The molecule has 4 aromatic rings. The highest BCUT2D eigenvalue weighted by molar-refractivity contribution is 6.13. The van der Waals surface area contributed by atoms with Crippen molar-refractivity contribution in [3.05, 3.63) is 84.9 Å². The predicted octanol–water partition coefficient (Wildman–Crippen LogP) is 4.27. The van der Waals surface area contributed by atoms with E-state index in [0.717, 1.165) is 27.9 Å². The Morgan fingerprint density at radius 2 is 1.12 bits per heavy atom. The molecule has 3 aromatic carbocycles. The zero-order valence-electron chi connectivity index (χ0n) is 13.0. The summed E-state index contributed by atoms with van der Waals surface area (Å²) in [6, 6.07) is 28.9. The van der Waals surface area contributed by atoms with Gasteiger partial charge >= 0.3 is 7.69 Å². The molecule has 3 nitrogen and oxygen atoms in total. The first-order valence-corrected chi connectivity index (χ1v) is 7.57. The summed E-state index contributed by atoms with van der Waals surface area (Å²) < 4.78 is 6.14. The van der Waals surface area contributed by atoms with Crippen LogP contribution in [0.4, 0.5) is 0 Å². The number of fused-ring (bicyclic) bond motifs is 1. The summed E-state index contributed by atoms with van der Waals surface area (Å²) in [6.07, 6.45) is 0. The van der Waals surface area contributed by atoms with Crippen molar-refractivity contribution in [3.63, 3.8) is 0 Å². The van der Waals surface area contributed by atoms with Crippen molar-refractivity contribution in [2.45, 2.75) is 0 Å². The zero-order valence-corrected chi connectivity index (χ0v) is 13.0. The Hall–Kier alpha value is -2.82. The van der Waals surface area contributed by atoms with Gasteiger partial charge in [-0.15, -0.1) is 0 Å². The summed E-state index contributed by atoms with van der Waals surface area (Å²) in [6.45, 7) is 0. The lowest BCUT2D eigenvalue weighted by Gasteiger charge is -2.03. The third-order valence-corrected chi connectivity index (χ3v) is 3.69. The summed E-state index contributed by atoms with van der Waals surface area (Å²) in [7, 11) is 0. The maximum atomic E-state index is 7.00. The maximum absolute atomic E-state index is 7.00. The molecule has 0 saturated carbocycles. The van der Waals surface area contributed by atoms with Gasteiger partial charge in [-0.05, 0) is 11.6 Å². The van der Waals surface area contributed by atoms with Gasteiger partial charge in [-0.1, -0.05) is 78.9 Å². The van der Waals surface area contributed by atoms with E-state index in [-0.39, 0.29) is 7.69 Å². The highest BCUT2D eigenvalue weighted by Crippen LogP contribution is 2.40. The number of hydrogen-bond acceptors (Lipinski definition) is 3. The monoisotopic (exact) mass is 315 g/mol. The van der Waals surface area contributed by atoms with Crippen molar-refractivity contribution in [2.75, 3.05) is 0 Å². The van der Waals surface area contributed by atoms with E-state index in [2.05, 4.69) is 48.5 Å². The lowest BCUT2D eigenvalue weighted by molar-refractivity contribution is 0.448. The summed E-state index contributed by atoms with van der Waals surface area (Å²) in [4.78, 5) is 0. The fourth-order valence-electron chi connectivity index (χ4n) is 2.73. The van der Waals surface area contributed by atoms with E-state index in [1.807, 2.05) is 36.4 Å². The van der Waals surface area contributed by atoms with Gasteiger partial charge in [-0.25, -0.2) is 0 Å². The van der Waals surface area contributed by atoms with Gasteiger partial charge in [0.1, 0.15) is 11.3 Å². The van der Waals surface area contributed by atoms with Gasteiger partial charge < -0.3 is 14.5 Å². The fraction of sp³-hybridized carbons (Fsp3) is 0. The van der Waals surface area contributed by atoms with Crippen LogP contribution in [-0.4, -0.2) is 17.7 Å². The molecule has 0 aliphatic heterocycles. The molecule has 0 saturated heterocycles.